The first-order chi connectivity index (χ1) is 6.24. The Morgan fingerprint density at radius 3 is 2.62 bits per heavy atom. The van der Waals surface area contributed by atoms with E-state index in [2.05, 4.69) is 5.16 Å². The maximum atomic E-state index is 11.3. The molecule has 4 heteroatoms. The smallest absolute Gasteiger partial charge is 0.168 e. The predicted octanol–water partition coefficient (Wildman–Crippen LogP) is 2.37. The number of rotatable bonds is 3. The number of benzene rings is 1. The molecule has 1 N–H and O–H groups in total. The highest BCUT2D eigenvalue weighted by molar-refractivity contribution is 6.30. The van der Waals surface area contributed by atoms with Gasteiger partial charge in [-0.1, -0.05) is 11.6 Å². The number of halogens is 1. The highest BCUT2D eigenvalue weighted by atomic mass is 35.5. The molecular weight excluding hydrogens is 190 g/mol. The standard InChI is InChI=1S/C9H8ClNO2/c10-8-3-1-7(2-4-8)9(12)5-6-11-13/h1-4,6,13H,5H2. The van der Waals surface area contributed by atoms with Crippen molar-refractivity contribution in [1.29, 1.82) is 0 Å². The third-order valence-corrected chi connectivity index (χ3v) is 1.78. The number of nitrogens with zero attached hydrogens (tertiary/aromatic N) is 1. The maximum absolute atomic E-state index is 11.3. The van der Waals surface area contributed by atoms with Gasteiger partial charge >= 0.3 is 0 Å². The number of hydrogen-bond donors (Lipinski definition) is 1. The van der Waals surface area contributed by atoms with Crippen LogP contribution in [0.4, 0.5) is 0 Å². The van der Waals surface area contributed by atoms with Crippen molar-refractivity contribution in [3.63, 3.8) is 0 Å². The molecule has 0 amide bonds. The van der Waals surface area contributed by atoms with Gasteiger partial charge in [-0.05, 0) is 24.3 Å². The summed E-state index contributed by atoms with van der Waals surface area (Å²) in [6.45, 7) is 0. The molecule has 1 aromatic rings. The van der Waals surface area contributed by atoms with Crippen LogP contribution in [0.2, 0.25) is 5.02 Å². The Hall–Kier alpha value is -1.35. The lowest BCUT2D eigenvalue weighted by atomic mass is 10.1. The molecule has 0 radical (unpaired) electrons. The van der Waals surface area contributed by atoms with Crippen LogP contribution in [0.15, 0.2) is 29.4 Å². The summed E-state index contributed by atoms with van der Waals surface area (Å²) in [4.78, 5) is 11.3. The van der Waals surface area contributed by atoms with E-state index < -0.39 is 0 Å². The van der Waals surface area contributed by atoms with Gasteiger partial charge < -0.3 is 5.21 Å². The Morgan fingerprint density at radius 1 is 1.46 bits per heavy atom. The fourth-order valence-corrected chi connectivity index (χ4v) is 1.00. The van der Waals surface area contributed by atoms with Crippen molar-refractivity contribution >= 4 is 23.6 Å². The van der Waals surface area contributed by atoms with Crippen LogP contribution in [-0.2, 0) is 0 Å². The summed E-state index contributed by atoms with van der Waals surface area (Å²) in [6.07, 6.45) is 1.25. The Bertz CT molecular complexity index is 319. The van der Waals surface area contributed by atoms with Gasteiger partial charge in [-0.25, -0.2) is 0 Å². The lowest BCUT2D eigenvalue weighted by Crippen LogP contribution is -1.98. The molecule has 0 aliphatic rings. The van der Waals surface area contributed by atoms with Gasteiger partial charge in [-0.2, -0.15) is 0 Å². The summed E-state index contributed by atoms with van der Waals surface area (Å²) in [7, 11) is 0. The quantitative estimate of drug-likeness (QED) is 0.350. The average Bonchev–Trinajstić information content (AvgIpc) is 2.15. The zero-order valence-corrected chi connectivity index (χ0v) is 7.53. The summed E-state index contributed by atoms with van der Waals surface area (Å²) in [5.74, 6) is -0.102. The van der Waals surface area contributed by atoms with Crippen LogP contribution in [0.25, 0.3) is 0 Å². The van der Waals surface area contributed by atoms with Gasteiger partial charge in [0.2, 0.25) is 0 Å². The van der Waals surface area contributed by atoms with Crippen LogP contribution >= 0.6 is 11.6 Å². The molecule has 0 aliphatic carbocycles. The van der Waals surface area contributed by atoms with E-state index in [1.54, 1.807) is 24.3 Å². The highest BCUT2D eigenvalue weighted by Gasteiger charge is 2.02. The monoisotopic (exact) mass is 197 g/mol. The molecule has 0 aliphatic heterocycles. The number of carbonyl (C=O) groups excluding carboxylic acids is 1. The molecule has 0 atom stereocenters. The first-order valence-corrected chi connectivity index (χ1v) is 4.06. The lowest BCUT2D eigenvalue weighted by Gasteiger charge is -1.96. The fraction of sp³-hybridized carbons (Fsp3) is 0.111. The van der Waals surface area contributed by atoms with Crippen LogP contribution in [0.1, 0.15) is 16.8 Å². The van der Waals surface area contributed by atoms with Crippen LogP contribution in [0.3, 0.4) is 0 Å². The van der Waals surface area contributed by atoms with E-state index >= 15 is 0 Å². The summed E-state index contributed by atoms with van der Waals surface area (Å²) in [5, 5.41) is 11.4. The molecule has 0 saturated heterocycles. The average molecular weight is 198 g/mol. The Morgan fingerprint density at radius 2 is 2.08 bits per heavy atom. The van der Waals surface area contributed by atoms with Crippen LogP contribution in [0, 0.1) is 0 Å². The molecule has 0 bridgehead atoms. The first-order valence-electron chi connectivity index (χ1n) is 3.68. The van der Waals surface area contributed by atoms with Crippen LogP contribution in [0.5, 0.6) is 0 Å². The molecule has 0 unspecified atom stereocenters. The van der Waals surface area contributed by atoms with Gasteiger partial charge in [0.15, 0.2) is 5.78 Å². The second-order valence-electron chi connectivity index (χ2n) is 2.43. The predicted molar refractivity (Wildman–Crippen MR) is 50.7 cm³/mol. The Kier molecular flexibility index (Phi) is 3.46. The topological polar surface area (TPSA) is 49.7 Å². The van der Waals surface area contributed by atoms with Crippen molar-refractivity contribution in [2.75, 3.05) is 0 Å². The summed E-state index contributed by atoms with van der Waals surface area (Å²) in [6, 6.07) is 6.56. The van der Waals surface area contributed by atoms with E-state index in [4.69, 9.17) is 16.8 Å². The molecule has 0 spiro atoms. The van der Waals surface area contributed by atoms with E-state index in [0.29, 0.717) is 10.6 Å². The summed E-state index contributed by atoms with van der Waals surface area (Å²) >= 11 is 5.64. The van der Waals surface area contributed by atoms with E-state index in [9.17, 15) is 4.79 Å². The Labute approximate surface area is 80.6 Å². The molecule has 0 aromatic heterocycles. The highest BCUT2D eigenvalue weighted by Crippen LogP contribution is 2.10. The van der Waals surface area contributed by atoms with Crippen molar-refractivity contribution in [3.8, 4) is 0 Å². The summed E-state index contributed by atoms with van der Waals surface area (Å²) in [5.41, 5.74) is 0.560. The van der Waals surface area contributed by atoms with E-state index in [1.165, 1.54) is 0 Å². The zero-order chi connectivity index (χ0) is 9.68. The second kappa shape index (κ2) is 4.62. The third kappa shape index (κ3) is 2.87. The molecule has 3 nitrogen and oxygen atoms in total. The van der Waals surface area contributed by atoms with Crippen LogP contribution in [-0.4, -0.2) is 17.2 Å². The SMILES string of the molecule is O=C(CC=NO)c1ccc(Cl)cc1. The van der Waals surface area contributed by atoms with Gasteiger partial charge in [0.25, 0.3) is 0 Å². The van der Waals surface area contributed by atoms with E-state index in [1.807, 2.05) is 0 Å². The molecular formula is C9H8ClNO2. The van der Waals surface area contributed by atoms with E-state index in [-0.39, 0.29) is 12.2 Å². The van der Waals surface area contributed by atoms with Gasteiger partial charge in [-0.15, -0.1) is 5.16 Å². The summed E-state index contributed by atoms with van der Waals surface area (Å²) < 4.78 is 0. The van der Waals surface area contributed by atoms with Crippen molar-refractivity contribution in [2.24, 2.45) is 5.16 Å². The zero-order valence-electron chi connectivity index (χ0n) is 6.77. The maximum Gasteiger partial charge on any atom is 0.168 e. The molecule has 0 fully saturated rings. The second-order valence-corrected chi connectivity index (χ2v) is 2.87. The van der Waals surface area contributed by atoms with Crippen LogP contribution < -0.4 is 0 Å². The normalized spacial score (nSPS) is 10.5. The number of ketones is 1. The van der Waals surface area contributed by atoms with Crippen molar-refractivity contribution in [1.82, 2.24) is 0 Å². The van der Waals surface area contributed by atoms with E-state index in [0.717, 1.165) is 6.21 Å². The molecule has 1 rings (SSSR count). The number of Topliss-reactive ketones (excluding diaryl/α,β-unsaturated/α-hetero) is 1. The van der Waals surface area contributed by atoms with Crippen molar-refractivity contribution in [3.05, 3.63) is 34.9 Å². The molecule has 68 valence electrons. The van der Waals surface area contributed by atoms with Gasteiger partial charge in [0.05, 0.1) is 6.21 Å². The Balaban J connectivity index is 2.72. The van der Waals surface area contributed by atoms with Gasteiger partial charge in [-0.3, -0.25) is 4.79 Å². The molecule has 1 aromatic carbocycles. The molecule has 13 heavy (non-hydrogen) atoms. The number of hydrogen-bond acceptors (Lipinski definition) is 3. The number of carbonyl (C=O) groups is 1. The largest absolute Gasteiger partial charge is 0.411 e. The van der Waals surface area contributed by atoms with Gasteiger partial charge in [0.1, 0.15) is 0 Å². The minimum absolute atomic E-state index is 0.0954. The van der Waals surface area contributed by atoms with Crippen molar-refractivity contribution < 1.29 is 10.0 Å². The molecule has 0 saturated carbocycles. The third-order valence-electron chi connectivity index (χ3n) is 1.52. The molecule has 0 heterocycles. The van der Waals surface area contributed by atoms with Gasteiger partial charge in [0, 0.05) is 17.0 Å². The van der Waals surface area contributed by atoms with Crippen molar-refractivity contribution in [2.45, 2.75) is 6.42 Å². The minimum atomic E-state index is -0.102. The number of oxime groups is 1. The minimum Gasteiger partial charge on any atom is -0.411 e. The fourth-order valence-electron chi connectivity index (χ4n) is 0.877. The first kappa shape index (κ1) is 9.74. The lowest BCUT2D eigenvalue weighted by molar-refractivity contribution is 0.100.